The van der Waals surface area contributed by atoms with Gasteiger partial charge in [-0.15, -0.1) is 0 Å². The Hall–Kier alpha value is -2.60. The van der Waals surface area contributed by atoms with Crippen molar-refractivity contribution in [3.63, 3.8) is 0 Å². The third-order valence-electron chi connectivity index (χ3n) is 5.24. The summed E-state index contributed by atoms with van der Waals surface area (Å²) in [6.45, 7) is 4.66. The molecular formula is C23H24ClFN4O. The van der Waals surface area contributed by atoms with Gasteiger partial charge in [-0.3, -0.25) is 9.78 Å². The summed E-state index contributed by atoms with van der Waals surface area (Å²) in [5.74, 6) is 1.25. The molecule has 4 rings (SSSR count). The van der Waals surface area contributed by atoms with E-state index in [-0.39, 0.29) is 17.2 Å². The third kappa shape index (κ3) is 5.11. The zero-order valence-corrected chi connectivity index (χ0v) is 17.9. The molecular weight excluding hydrogens is 403 g/mol. The van der Waals surface area contributed by atoms with Gasteiger partial charge in [0, 0.05) is 29.9 Å². The summed E-state index contributed by atoms with van der Waals surface area (Å²) in [5.41, 5.74) is 3.59. The Morgan fingerprint density at radius 2 is 1.90 bits per heavy atom. The number of aryl methyl sites for hydroxylation is 3. The molecule has 0 unspecified atom stereocenters. The van der Waals surface area contributed by atoms with E-state index in [9.17, 15) is 9.18 Å². The largest absolute Gasteiger partial charge is 0.299 e. The van der Waals surface area contributed by atoms with Crippen molar-refractivity contribution in [2.24, 2.45) is 5.92 Å². The maximum absolute atomic E-state index is 13.9. The molecule has 0 amide bonds. The van der Waals surface area contributed by atoms with E-state index >= 15 is 0 Å². The minimum absolute atomic E-state index is 0.0631. The average molecular weight is 427 g/mol. The van der Waals surface area contributed by atoms with Crippen molar-refractivity contribution in [3.05, 3.63) is 63.9 Å². The number of pyridine rings is 1. The number of halogens is 2. The Morgan fingerprint density at radius 3 is 2.57 bits per heavy atom. The highest BCUT2D eigenvalue weighted by atomic mass is 35.5. The van der Waals surface area contributed by atoms with Gasteiger partial charge in [0.15, 0.2) is 5.82 Å². The van der Waals surface area contributed by atoms with Crippen molar-refractivity contribution >= 4 is 17.4 Å². The zero-order valence-electron chi connectivity index (χ0n) is 17.2. The molecule has 2 aromatic heterocycles. The lowest BCUT2D eigenvalue weighted by Crippen LogP contribution is -2.13. The Labute approximate surface area is 180 Å². The Morgan fingerprint density at radius 1 is 1.17 bits per heavy atom. The summed E-state index contributed by atoms with van der Waals surface area (Å²) < 4.78 is 15.7. The van der Waals surface area contributed by atoms with Crippen LogP contribution in [0, 0.1) is 25.6 Å². The molecule has 156 valence electrons. The number of aromatic nitrogens is 4. The first-order chi connectivity index (χ1) is 14.4. The lowest BCUT2D eigenvalue weighted by Gasteiger charge is -2.06. The minimum Gasteiger partial charge on any atom is -0.299 e. The van der Waals surface area contributed by atoms with Crippen LogP contribution >= 0.6 is 11.6 Å². The van der Waals surface area contributed by atoms with Gasteiger partial charge in [0.2, 0.25) is 0 Å². The smallest absolute Gasteiger partial charge is 0.181 e. The number of carbonyl (C=O) groups excluding carboxylic acids is 1. The van der Waals surface area contributed by atoms with Crippen LogP contribution in [-0.2, 0) is 24.2 Å². The highest BCUT2D eigenvalue weighted by Gasteiger charge is 2.25. The van der Waals surface area contributed by atoms with Gasteiger partial charge in [0.05, 0.1) is 11.4 Å². The first kappa shape index (κ1) is 20.7. The second-order valence-electron chi connectivity index (χ2n) is 8.08. The highest BCUT2D eigenvalue weighted by Crippen LogP contribution is 2.31. The third-order valence-corrected chi connectivity index (χ3v) is 5.55. The van der Waals surface area contributed by atoms with E-state index in [0.29, 0.717) is 36.0 Å². The standard InChI is InChI=1S/C23H24ClFN4O/c1-14-9-17(10-15(2)26-14)5-7-19(30)12-22-27-23(28-29(22)13-16-3-4-16)18-6-8-20(24)21(25)11-18/h6,8-11,16H,3-5,7,12-13H2,1-2H3. The molecule has 1 fully saturated rings. The second kappa shape index (κ2) is 8.64. The normalized spacial score (nSPS) is 13.6. The van der Waals surface area contributed by atoms with Crippen molar-refractivity contribution in [3.8, 4) is 11.4 Å². The SMILES string of the molecule is Cc1cc(CCC(=O)Cc2nc(-c3ccc(Cl)c(F)c3)nn2CC2CC2)cc(C)n1. The van der Waals surface area contributed by atoms with Crippen LogP contribution in [0.4, 0.5) is 4.39 Å². The molecule has 0 aliphatic heterocycles. The van der Waals surface area contributed by atoms with E-state index in [4.69, 9.17) is 11.6 Å². The van der Waals surface area contributed by atoms with Crippen LogP contribution in [-0.4, -0.2) is 25.5 Å². The van der Waals surface area contributed by atoms with E-state index in [1.54, 1.807) is 6.07 Å². The van der Waals surface area contributed by atoms with Crippen LogP contribution in [0.2, 0.25) is 5.02 Å². The lowest BCUT2D eigenvalue weighted by atomic mass is 10.1. The molecule has 3 aromatic rings. The molecule has 1 saturated carbocycles. The fraction of sp³-hybridized carbons (Fsp3) is 0.391. The van der Waals surface area contributed by atoms with E-state index < -0.39 is 5.82 Å². The van der Waals surface area contributed by atoms with Crippen molar-refractivity contribution in [1.29, 1.82) is 0 Å². The topological polar surface area (TPSA) is 60.7 Å². The molecule has 0 radical (unpaired) electrons. The molecule has 0 atom stereocenters. The molecule has 0 spiro atoms. The van der Waals surface area contributed by atoms with Gasteiger partial charge in [-0.25, -0.2) is 14.1 Å². The van der Waals surface area contributed by atoms with Gasteiger partial charge in [-0.1, -0.05) is 11.6 Å². The number of Topliss-reactive ketones (excluding diaryl/α,β-unsaturated/α-hetero) is 1. The Bertz CT molecular complexity index is 1070. The van der Waals surface area contributed by atoms with Crippen molar-refractivity contribution < 1.29 is 9.18 Å². The first-order valence-corrected chi connectivity index (χ1v) is 10.6. The van der Waals surface area contributed by atoms with Crippen LogP contribution in [0.25, 0.3) is 11.4 Å². The Balaban J connectivity index is 1.49. The summed E-state index contributed by atoms with van der Waals surface area (Å²) in [6, 6.07) is 8.56. The van der Waals surface area contributed by atoms with Gasteiger partial charge < -0.3 is 0 Å². The molecule has 1 aromatic carbocycles. The monoisotopic (exact) mass is 426 g/mol. The van der Waals surface area contributed by atoms with Crippen LogP contribution in [0.15, 0.2) is 30.3 Å². The van der Waals surface area contributed by atoms with Crippen LogP contribution < -0.4 is 0 Å². The van der Waals surface area contributed by atoms with Gasteiger partial charge >= 0.3 is 0 Å². The van der Waals surface area contributed by atoms with E-state index in [2.05, 4.69) is 15.1 Å². The molecule has 1 aliphatic carbocycles. The van der Waals surface area contributed by atoms with Crippen molar-refractivity contribution in [2.45, 2.75) is 52.5 Å². The van der Waals surface area contributed by atoms with Crippen LogP contribution in [0.1, 0.15) is 42.0 Å². The molecule has 5 nitrogen and oxygen atoms in total. The number of benzene rings is 1. The Kier molecular flexibility index (Phi) is 5.95. The number of hydrogen-bond donors (Lipinski definition) is 0. The summed E-state index contributed by atoms with van der Waals surface area (Å²) in [7, 11) is 0. The molecule has 30 heavy (non-hydrogen) atoms. The van der Waals surface area contributed by atoms with Gasteiger partial charge in [-0.2, -0.15) is 5.10 Å². The zero-order chi connectivity index (χ0) is 21.3. The van der Waals surface area contributed by atoms with Crippen LogP contribution in [0.3, 0.4) is 0 Å². The second-order valence-corrected chi connectivity index (χ2v) is 8.49. The molecule has 0 bridgehead atoms. The van der Waals surface area contributed by atoms with Gasteiger partial charge in [0.1, 0.15) is 17.4 Å². The quantitative estimate of drug-likeness (QED) is 0.513. The fourth-order valence-corrected chi connectivity index (χ4v) is 3.69. The maximum atomic E-state index is 13.9. The van der Waals surface area contributed by atoms with E-state index in [1.165, 1.54) is 25.0 Å². The average Bonchev–Trinajstić information content (AvgIpc) is 3.42. The van der Waals surface area contributed by atoms with Crippen molar-refractivity contribution in [1.82, 2.24) is 19.7 Å². The number of ketones is 1. The molecule has 7 heteroatoms. The molecule has 0 N–H and O–H groups in total. The minimum atomic E-state index is -0.506. The van der Waals surface area contributed by atoms with Gasteiger partial charge in [0.25, 0.3) is 0 Å². The lowest BCUT2D eigenvalue weighted by molar-refractivity contribution is -0.118. The van der Waals surface area contributed by atoms with Crippen molar-refractivity contribution in [2.75, 3.05) is 0 Å². The predicted octanol–water partition coefficient (Wildman–Crippen LogP) is 4.90. The maximum Gasteiger partial charge on any atom is 0.181 e. The predicted molar refractivity (Wildman–Crippen MR) is 114 cm³/mol. The van der Waals surface area contributed by atoms with Gasteiger partial charge in [-0.05, 0) is 74.9 Å². The summed E-state index contributed by atoms with van der Waals surface area (Å²) >= 11 is 5.79. The summed E-state index contributed by atoms with van der Waals surface area (Å²) in [6.07, 6.45) is 3.66. The summed E-state index contributed by atoms with van der Waals surface area (Å²) in [5, 5.41) is 4.62. The van der Waals surface area contributed by atoms with Crippen LogP contribution in [0.5, 0.6) is 0 Å². The number of carbonyl (C=O) groups is 1. The number of hydrogen-bond acceptors (Lipinski definition) is 4. The highest BCUT2D eigenvalue weighted by molar-refractivity contribution is 6.30. The fourth-order valence-electron chi connectivity index (χ4n) is 3.57. The van der Waals surface area contributed by atoms with E-state index in [0.717, 1.165) is 23.5 Å². The first-order valence-electron chi connectivity index (χ1n) is 10.2. The number of rotatable bonds is 8. The molecule has 0 saturated heterocycles. The molecule has 2 heterocycles. The summed E-state index contributed by atoms with van der Waals surface area (Å²) in [4.78, 5) is 21.6. The number of nitrogens with zero attached hydrogens (tertiary/aromatic N) is 4. The molecule has 1 aliphatic rings. The van der Waals surface area contributed by atoms with E-state index in [1.807, 2.05) is 30.7 Å².